The SMILES string of the molecule is Cc1ccc(S(=O)(=O)N(NC(=O)O)C(=O)O)cc1. The predicted molar refractivity (Wildman–Crippen MR) is 59.4 cm³/mol. The number of carbonyl (C=O) groups is 2. The Hall–Kier alpha value is -2.29. The molecule has 9 heteroatoms. The van der Waals surface area contributed by atoms with Gasteiger partial charge in [0.05, 0.1) is 4.90 Å². The number of nitrogens with zero attached hydrogens (tertiary/aromatic N) is 1. The van der Waals surface area contributed by atoms with E-state index in [9.17, 15) is 18.0 Å². The molecule has 98 valence electrons. The van der Waals surface area contributed by atoms with Crippen molar-refractivity contribution in [3.05, 3.63) is 29.8 Å². The first-order chi connectivity index (χ1) is 8.25. The lowest BCUT2D eigenvalue weighted by Gasteiger charge is -2.17. The first kappa shape index (κ1) is 13.8. The van der Waals surface area contributed by atoms with Gasteiger partial charge < -0.3 is 10.2 Å². The number of amides is 2. The van der Waals surface area contributed by atoms with Crippen LogP contribution in [0.25, 0.3) is 0 Å². The third kappa shape index (κ3) is 2.88. The summed E-state index contributed by atoms with van der Waals surface area (Å²) in [6, 6.07) is 5.30. The Labute approximate surface area is 102 Å². The lowest BCUT2D eigenvalue weighted by atomic mass is 10.2. The fourth-order valence-corrected chi connectivity index (χ4v) is 2.21. The van der Waals surface area contributed by atoms with Crippen LogP contribution in [0.2, 0.25) is 0 Å². The summed E-state index contributed by atoms with van der Waals surface area (Å²) >= 11 is 0. The van der Waals surface area contributed by atoms with Crippen LogP contribution in [0.4, 0.5) is 9.59 Å². The number of sulfonamides is 1. The van der Waals surface area contributed by atoms with Crippen molar-refractivity contribution >= 4 is 22.2 Å². The zero-order valence-corrected chi connectivity index (χ0v) is 10.0. The summed E-state index contributed by atoms with van der Waals surface area (Å²) in [6.45, 7) is 1.72. The molecule has 0 spiro atoms. The molecule has 0 saturated heterocycles. The molecule has 0 saturated carbocycles. The summed E-state index contributed by atoms with van der Waals surface area (Å²) in [7, 11) is -4.47. The van der Waals surface area contributed by atoms with Crippen LogP contribution in [0.15, 0.2) is 29.2 Å². The lowest BCUT2D eigenvalue weighted by Crippen LogP contribution is -2.48. The quantitative estimate of drug-likeness (QED) is 0.686. The highest BCUT2D eigenvalue weighted by atomic mass is 32.2. The minimum absolute atomic E-state index is 0.329. The van der Waals surface area contributed by atoms with Gasteiger partial charge in [-0.3, -0.25) is 0 Å². The second-order valence-electron chi connectivity index (χ2n) is 3.28. The molecule has 2 amide bonds. The molecule has 8 nitrogen and oxygen atoms in total. The predicted octanol–water partition coefficient (Wildman–Crippen LogP) is 0.846. The molecule has 0 radical (unpaired) electrons. The van der Waals surface area contributed by atoms with Gasteiger partial charge in [0.15, 0.2) is 0 Å². The number of aryl methyl sites for hydroxylation is 1. The molecule has 0 atom stereocenters. The number of hydrazine groups is 1. The molecule has 0 aliphatic rings. The van der Waals surface area contributed by atoms with E-state index in [1.807, 2.05) is 0 Å². The van der Waals surface area contributed by atoms with Gasteiger partial charge in [-0.2, -0.15) is 8.42 Å². The van der Waals surface area contributed by atoms with Crippen molar-refractivity contribution in [2.45, 2.75) is 11.8 Å². The van der Waals surface area contributed by atoms with Crippen molar-refractivity contribution in [2.24, 2.45) is 0 Å². The van der Waals surface area contributed by atoms with Crippen molar-refractivity contribution in [1.82, 2.24) is 9.84 Å². The van der Waals surface area contributed by atoms with Crippen molar-refractivity contribution in [2.75, 3.05) is 0 Å². The molecule has 0 unspecified atom stereocenters. The molecule has 0 aliphatic carbocycles. The number of hydrogen-bond acceptors (Lipinski definition) is 4. The number of hydrogen-bond donors (Lipinski definition) is 3. The number of rotatable bonds is 2. The smallest absolute Gasteiger partial charge is 0.441 e. The number of nitrogens with one attached hydrogen (secondary N) is 1. The van der Waals surface area contributed by atoms with E-state index in [1.54, 1.807) is 6.92 Å². The Kier molecular flexibility index (Phi) is 3.76. The van der Waals surface area contributed by atoms with Crippen molar-refractivity contribution in [3.8, 4) is 0 Å². The van der Waals surface area contributed by atoms with E-state index in [4.69, 9.17) is 10.2 Å². The summed E-state index contributed by atoms with van der Waals surface area (Å²) in [5.41, 5.74) is 2.07. The number of benzene rings is 1. The minimum Gasteiger partial charge on any atom is -0.464 e. The third-order valence-electron chi connectivity index (χ3n) is 1.93. The first-order valence-electron chi connectivity index (χ1n) is 4.59. The Morgan fingerprint density at radius 2 is 1.67 bits per heavy atom. The van der Waals surface area contributed by atoms with Gasteiger partial charge in [0.1, 0.15) is 0 Å². The highest BCUT2D eigenvalue weighted by molar-refractivity contribution is 7.89. The zero-order valence-electron chi connectivity index (χ0n) is 9.19. The molecule has 0 bridgehead atoms. The monoisotopic (exact) mass is 274 g/mol. The van der Waals surface area contributed by atoms with Gasteiger partial charge in [-0.1, -0.05) is 17.7 Å². The average Bonchev–Trinajstić information content (AvgIpc) is 2.25. The summed E-state index contributed by atoms with van der Waals surface area (Å²) in [5, 5.41) is 17.1. The maximum absolute atomic E-state index is 11.8. The number of carboxylic acid groups (broad SMARTS) is 2. The fraction of sp³-hybridized carbons (Fsp3) is 0.111. The molecular formula is C9H10N2O6S. The summed E-state index contributed by atoms with van der Waals surface area (Å²) < 4.78 is 23.3. The van der Waals surface area contributed by atoms with Crippen LogP contribution in [0.5, 0.6) is 0 Å². The van der Waals surface area contributed by atoms with Crippen LogP contribution in [0.1, 0.15) is 5.56 Å². The normalized spacial score (nSPS) is 10.7. The van der Waals surface area contributed by atoms with E-state index < -0.39 is 22.2 Å². The van der Waals surface area contributed by atoms with Crippen LogP contribution in [0.3, 0.4) is 0 Å². The zero-order chi connectivity index (χ0) is 13.9. The van der Waals surface area contributed by atoms with E-state index in [2.05, 4.69) is 0 Å². The van der Waals surface area contributed by atoms with E-state index in [0.717, 1.165) is 5.56 Å². The van der Waals surface area contributed by atoms with E-state index in [0.29, 0.717) is 0 Å². The molecule has 1 rings (SSSR count). The average molecular weight is 274 g/mol. The highest BCUT2D eigenvalue weighted by Crippen LogP contribution is 2.14. The summed E-state index contributed by atoms with van der Waals surface area (Å²) in [5.74, 6) is 0. The molecular weight excluding hydrogens is 264 g/mol. The maximum atomic E-state index is 11.8. The molecule has 0 aromatic heterocycles. The Bertz CT molecular complexity index is 565. The van der Waals surface area contributed by atoms with Gasteiger partial charge in [0.2, 0.25) is 0 Å². The van der Waals surface area contributed by atoms with Gasteiger partial charge in [-0.25, -0.2) is 15.0 Å². The van der Waals surface area contributed by atoms with E-state index >= 15 is 0 Å². The van der Waals surface area contributed by atoms with Crippen LogP contribution in [-0.2, 0) is 10.0 Å². The molecule has 1 aromatic rings. The molecule has 0 aliphatic heterocycles. The highest BCUT2D eigenvalue weighted by Gasteiger charge is 2.30. The van der Waals surface area contributed by atoms with E-state index in [-0.39, 0.29) is 9.31 Å². The molecule has 3 N–H and O–H groups in total. The maximum Gasteiger partial charge on any atom is 0.441 e. The Morgan fingerprint density at radius 1 is 1.17 bits per heavy atom. The second-order valence-corrected chi connectivity index (χ2v) is 5.07. The standard InChI is InChI=1S/C9H10N2O6S/c1-6-2-4-7(5-3-6)18(16,17)11(9(14)15)10-8(12)13/h2-5,10H,1H3,(H,12,13)(H,14,15). The van der Waals surface area contributed by atoms with Crippen LogP contribution in [-0.4, -0.2) is 35.2 Å². The topological polar surface area (TPSA) is 124 Å². The van der Waals surface area contributed by atoms with Gasteiger partial charge in [-0.05, 0) is 19.1 Å². The van der Waals surface area contributed by atoms with Gasteiger partial charge in [-0.15, -0.1) is 4.41 Å². The van der Waals surface area contributed by atoms with Gasteiger partial charge in [0, 0.05) is 0 Å². The molecule has 0 heterocycles. The van der Waals surface area contributed by atoms with Crippen LogP contribution in [0, 0.1) is 6.92 Å². The van der Waals surface area contributed by atoms with Gasteiger partial charge in [0.25, 0.3) is 10.0 Å². The van der Waals surface area contributed by atoms with Crippen LogP contribution < -0.4 is 5.43 Å². The lowest BCUT2D eigenvalue weighted by molar-refractivity contribution is 0.143. The molecule has 18 heavy (non-hydrogen) atoms. The van der Waals surface area contributed by atoms with E-state index in [1.165, 1.54) is 29.7 Å². The van der Waals surface area contributed by atoms with Crippen molar-refractivity contribution in [1.29, 1.82) is 0 Å². The van der Waals surface area contributed by atoms with Gasteiger partial charge >= 0.3 is 12.2 Å². The Morgan fingerprint density at radius 3 is 2.06 bits per heavy atom. The Balaban J connectivity index is 3.21. The van der Waals surface area contributed by atoms with Crippen molar-refractivity contribution in [3.63, 3.8) is 0 Å². The second kappa shape index (κ2) is 4.92. The first-order valence-corrected chi connectivity index (χ1v) is 6.03. The summed E-state index contributed by atoms with van der Waals surface area (Å²) in [4.78, 5) is 20.8. The molecule has 1 aromatic carbocycles. The molecule has 0 fully saturated rings. The fourth-order valence-electron chi connectivity index (χ4n) is 1.11. The minimum atomic E-state index is -4.47. The van der Waals surface area contributed by atoms with Crippen LogP contribution >= 0.6 is 0 Å². The van der Waals surface area contributed by atoms with Crippen molar-refractivity contribution < 1.29 is 28.2 Å². The largest absolute Gasteiger partial charge is 0.464 e. The summed E-state index contributed by atoms with van der Waals surface area (Å²) in [6.07, 6.45) is -3.74. The third-order valence-corrected chi connectivity index (χ3v) is 3.53.